The molecule has 1 aliphatic rings. The van der Waals surface area contributed by atoms with E-state index in [0.29, 0.717) is 23.9 Å². The van der Waals surface area contributed by atoms with Crippen molar-refractivity contribution in [1.29, 1.82) is 0 Å². The largest absolute Gasteiger partial charge is 0.496 e. The van der Waals surface area contributed by atoms with Gasteiger partial charge in [0.25, 0.3) is 5.91 Å². The molecule has 1 fully saturated rings. The monoisotopic (exact) mass is 306 g/mol. The summed E-state index contributed by atoms with van der Waals surface area (Å²) in [6.07, 6.45) is 4.25. The molecule has 0 aliphatic carbocycles. The Labute approximate surface area is 132 Å². The van der Waals surface area contributed by atoms with Crippen molar-refractivity contribution in [3.63, 3.8) is 0 Å². The number of benzene rings is 1. The van der Waals surface area contributed by atoms with Crippen LogP contribution in [-0.2, 0) is 0 Å². The molecule has 0 aromatic heterocycles. The molecule has 0 bridgehead atoms. The van der Waals surface area contributed by atoms with Crippen LogP contribution < -0.4 is 10.1 Å². The summed E-state index contributed by atoms with van der Waals surface area (Å²) < 4.78 is 5.19. The zero-order valence-corrected chi connectivity index (χ0v) is 13.3. The van der Waals surface area contributed by atoms with E-state index in [2.05, 4.69) is 10.2 Å². The van der Waals surface area contributed by atoms with Crippen molar-refractivity contribution >= 4 is 5.91 Å². The normalized spacial score (nSPS) is 18.4. The summed E-state index contributed by atoms with van der Waals surface area (Å²) >= 11 is 0. The first-order chi connectivity index (χ1) is 10.8. The highest BCUT2D eigenvalue weighted by Crippen LogP contribution is 2.18. The first kappa shape index (κ1) is 16.8. The molecule has 1 aliphatic heterocycles. The molecule has 22 heavy (non-hydrogen) atoms. The second kappa shape index (κ2) is 8.76. The highest BCUT2D eigenvalue weighted by atomic mass is 16.5. The van der Waals surface area contributed by atoms with Crippen LogP contribution in [0.25, 0.3) is 0 Å². The number of aliphatic hydroxyl groups excluding tert-OH is 1. The van der Waals surface area contributed by atoms with E-state index in [9.17, 15) is 9.90 Å². The number of methoxy groups -OCH3 is 1. The number of likely N-dealkylation sites (tertiary alicyclic amines) is 1. The molecule has 0 saturated carbocycles. The Hall–Kier alpha value is -1.59. The number of hydrogen-bond donors (Lipinski definition) is 2. The van der Waals surface area contributed by atoms with E-state index < -0.39 is 0 Å². The minimum absolute atomic E-state index is 0.0909. The fourth-order valence-corrected chi connectivity index (χ4v) is 2.97. The van der Waals surface area contributed by atoms with Crippen molar-refractivity contribution in [2.24, 2.45) is 0 Å². The predicted molar refractivity (Wildman–Crippen MR) is 86.2 cm³/mol. The highest BCUT2D eigenvalue weighted by Gasteiger charge is 2.22. The molecule has 1 heterocycles. The van der Waals surface area contributed by atoms with Crippen LogP contribution in [-0.4, -0.2) is 55.3 Å². The van der Waals surface area contributed by atoms with Gasteiger partial charge >= 0.3 is 0 Å². The van der Waals surface area contributed by atoms with Crippen LogP contribution in [0.1, 0.15) is 36.0 Å². The highest BCUT2D eigenvalue weighted by molar-refractivity contribution is 5.96. The van der Waals surface area contributed by atoms with E-state index in [0.717, 1.165) is 32.4 Å². The zero-order chi connectivity index (χ0) is 15.8. The van der Waals surface area contributed by atoms with Gasteiger partial charge in [0.15, 0.2) is 0 Å². The topological polar surface area (TPSA) is 61.8 Å². The average Bonchev–Trinajstić information content (AvgIpc) is 3.01. The molecular weight excluding hydrogens is 280 g/mol. The van der Waals surface area contributed by atoms with Crippen LogP contribution >= 0.6 is 0 Å². The minimum atomic E-state index is -0.0909. The molecular formula is C17H26N2O3. The second-order valence-corrected chi connectivity index (χ2v) is 5.68. The number of ether oxygens (including phenoxy) is 1. The number of carbonyl (C=O) groups is 1. The maximum absolute atomic E-state index is 12.1. The smallest absolute Gasteiger partial charge is 0.255 e. The van der Waals surface area contributed by atoms with Gasteiger partial charge < -0.3 is 15.2 Å². The molecule has 2 N–H and O–H groups in total. The second-order valence-electron chi connectivity index (χ2n) is 5.68. The Morgan fingerprint density at radius 2 is 2.23 bits per heavy atom. The number of para-hydroxylation sites is 1. The van der Waals surface area contributed by atoms with Crippen LogP contribution in [0.5, 0.6) is 5.75 Å². The predicted octanol–water partition coefficient (Wildman–Crippen LogP) is 1.66. The lowest BCUT2D eigenvalue weighted by Crippen LogP contribution is -2.33. The molecule has 0 spiro atoms. The number of nitrogens with zero attached hydrogens (tertiary/aromatic N) is 1. The van der Waals surface area contributed by atoms with E-state index in [1.807, 2.05) is 12.1 Å². The molecule has 5 nitrogen and oxygen atoms in total. The Bertz CT molecular complexity index is 479. The summed E-state index contributed by atoms with van der Waals surface area (Å²) in [5.74, 6) is 0.509. The number of rotatable bonds is 8. The Morgan fingerprint density at radius 3 is 3.00 bits per heavy atom. The molecule has 1 amide bonds. The molecule has 1 aromatic carbocycles. The van der Waals surface area contributed by atoms with Gasteiger partial charge in [0.2, 0.25) is 0 Å². The summed E-state index contributed by atoms with van der Waals surface area (Å²) in [6, 6.07) is 7.58. The summed E-state index contributed by atoms with van der Waals surface area (Å²) in [7, 11) is 1.57. The van der Waals surface area contributed by atoms with Crippen LogP contribution in [0.3, 0.4) is 0 Å². The van der Waals surface area contributed by atoms with Crippen molar-refractivity contribution in [1.82, 2.24) is 10.2 Å². The van der Waals surface area contributed by atoms with Gasteiger partial charge in [0.1, 0.15) is 5.75 Å². The van der Waals surface area contributed by atoms with Gasteiger partial charge in [-0.25, -0.2) is 0 Å². The van der Waals surface area contributed by atoms with Gasteiger partial charge in [0.05, 0.1) is 19.3 Å². The van der Waals surface area contributed by atoms with Gasteiger partial charge in [-0.15, -0.1) is 0 Å². The standard InChI is InChI=1S/C17H26N2O3/c1-22-16-9-3-2-8-15(16)17(21)18-10-4-5-11-19-12-6-7-14(19)13-20/h2-3,8-9,14,20H,4-7,10-13H2,1H3,(H,18,21). The van der Waals surface area contributed by atoms with Crippen molar-refractivity contribution in [2.45, 2.75) is 31.7 Å². The van der Waals surface area contributed by atoms with E-state index in [4.69, 9.17) is 4.74 Å². The van der Waals surface area contributed by atoms with Crippen LogP contribution in [0.2, 0.25) is 0 Å². The quantitative estimate of drug-likeness (QED) is 0.717. The van der Waals surface area contributed by atoms with Gasteiger partial charge in [0, 0.05) is 12.6 Å². The maximum atomic E-state index is 12.1. The molecule has 122 valence electrons. The fourth-order valence-electron chi connectivity index (χ4n) is 2.97. The molecule has 0 radical (unpaired) electrons. The summed E-state index contributed by atoms with van der Waals surface area (Å²) in [6.45, 7) is 2.99. The van der Waals surface area contributed by atoms with Crippen LogP contribution in [0.4, 0.5) is 0 Å². The van der Waals surface area contributed by atoms with E-state index in [1.165, 1.54) is 6.42 Å². The molecule has 1 aromatic rings. The van der Waals surface area contributed by atoms with E-state index in [1.54, 1.807) is 19.2 Å². The van der Waals surface area contributed by atoms with Crippen molar-refractivity contribution in [3.8, 4) is 5.75 Å². The molecule has 1 unspecified atom stereocenters. The third-order valence-corrected chi connectivity index (χ3v) is 4.22. The first-order valence-electron chi connectivity index (χ1n) is 8.02. The number of amides is 1. The SMILES string of the molecule is COc1ccccc1C(=O)NCCCCN1CCCC1CO. The lowest BCUT2D eigenvalue weighted by molar-refractivity contribution is 0.0949. The Kier molecular flexibility index (Phi) is 6.68. The third kappa shape index (κ3) is 4.45. The van der Waals surface area contributed by atoms with E-state index in [-0.39, 0.29) is 12.5 Å². The number of hydrogen-bond acceptors (Lipinski definition) is 4. The summed E-state index contributed by atoms with van der Waals surface area (Å²) in [5.41, 5.74) is 0.574. The Balaban J connectivity index is 1.67. The molecule has 2 rings (SSSR count). The number of carbonyl (C=O) groups excluding carboxylic acids is 1. The molecule has 1 saturated heterocycles. The summed E-state index contributed by atoms with van der Waals surface area (Å²) in [4.78, 5) is 14.5. The van der Waals surface area contributed by atoms with Crippen molar-refractivity contribution in [3.05, 3.63) is 29.8 Å². The summed E-state index contributed by atoms with van der Waals surface area (Å²) in [5, 5.41) is 12.2. The zero-order valence-electron chi connectivity index (χ0n) is 13.3. The van der Waals surface area contributed by atoms with E-state index >= 15 is 0 Å². The molecule has 5 heteroatoms. The van der Waals surface area contributed by atoms with Gasteiger partial charge in [-0.2, -0.15) is 0 Å². The maximum Gasteiger partial charge on any atom is 0.255 e. The third-order valence-electron chi connectivity index (χ3n) is 4.22. The van der Waals surface area contributed by atoms with Gasteiger partial charge in [-0.1, -0.05) is 12.1 Å². The number of aliphatic hydroxyl groups is 1. The fraction of sp³-hybridized carbons (Fsp3) is 0.588. The van der Waals surface area contributed by atoms with Crippen molar-refractivity contribution < 1.29 is 14.6 Å². The number of unbranched alkanes of at least 4 members (excludes halogenated alkanes) is 1. The minimum Gasteiger partial charge on any atom is -0.496 e. The van der Waals surface area contributed by atoms with Crippen LogP contribution in [0, 0.1) is 0 Å². The van der Waals surface area contributed by atoms with Gasteiger partial charge in [-0.3, -0.25) is 9.69 Å². The van der Waals surface area contributed by atoms with Crippen LogP contribution in [0.15, 0.2) is 24.3 Å². The lowest BCUT2D eigenvalue weighted by Gasteiger charge is -2.22. The van der Waals surface area contributed by atoms with Crippen molar-refractivity contribution in [2.75, 3.05) is 33.4 Å². The Morgan fingerprint density at radius 1 is 1.41 bits per heavy atom. The average molecular weight is 306 g/mol. The number of nitrogens with one attached hydrogen (secondary N) is 1. The first-order valence-corrected chi connectivity index (χ1v) is 8.02. The lowest BCUT2D eigenvalue weighted by atomic mass is 10.2. The van der Waals surface area contributed by atoms with Gasteiger partial charge in [-0.05, 0) is 50.9 Å². The molecule has 1 atom stereocenters.